The lowest BCUT2D eigenvalue weighted by molar-refractivity contribution is -0.136. The molecular formula is C29H34N6O4. The summed E-state index contributed by atoms with van der Waals surface area (Å²) >= 11 is 0. The molecule has 0 bridgehead atoms. The predicted octanol–water partition coefficient (Wildman–Crippen LogP) is 1.20. The molecule has 0 saturated carbocycles. The van der Waals surface area contributed by atoms with E-state index in [9.17, 15) is 19.2 Å². The number of piperazine rings is 1. The number of nitrogens with zero attached hydrogens (tertiary/aromatic N) is 4. The summed E-state index contributed by atoms with van der Waals surface area (Å²) in [6, 6.07) is 13.0. The van der Waals surface area contributed by atoms with Crippen molar-refractivity contribution in [2.45, 2.75) is 31.8 Å². The number of primary amides is 1. The number of benzene rings is 2. The minimum absolute atomic E-state index is 0.136. The maximum atomic E-state index is 13.0. The Morgan fingerprint density at radius 2 is 1.74 bits per heavy atom. The van der Waals surface area contributed by atoms with Gasteiger partial charge in [-0.3, -0.25) is 29.4 Å². The second kappa shape index (κ2) is 10.3. The van der Waals surface area contributed by atoms with E-state index in [4.69, 9.17) is 5.73 Å². The number of fused-ring (bicyclic) bond motifs is 1. The van der Waals surface area contributed by atoms with Crippen molar-refractivity contribution in [3.63, 3.8) is 0 Å². The molecule has 3 fully saturated rings. The number of nitrogens with two attached hydrogens (primary N) is 1. The van der Waals surface area contributed by atoms with Crippen LogP contribution in [0.4, 0.5) is 11.4 Å². The van der Waals surface area contributed by atoms with Crippen molar-refractivity contribution in [1.29, 1.82) is 0 Å². The second-order valence-electron chi connectivity index (χ2n) is 11.0. The number of carbonyl (C=O) groups is 4. The number of anilines is 2. The topological polar surface area (TPSA) is 119 Å². The van der Waals surface area contributed by atoms with Crippen LogP contribution in [-0.2, 0) is 16.1 Å². The molecule has 4 aliphatic rings. The lowest BCUT2D eigenvalue weighted by Gasteiger charge is -2.37. The largest absolute Gasteiger partial charge is 0.371 e. The maximum absolute atomic E-state index is 13.0. The summed E-state index contributed by atoms with van der Waals surface area (Å²) in [5.74, 6) is -0.625. The minimum atomic E-state index is -0.591. The molecule has 0 aromatic heterocycles. The van der Waals surface area contributed by atoms with E-state index in [0.29, 0.717) is 30.0 Å². The highest BCUT2D eigenvalue weighted by Crippen LogP contribution is 2.33. The first-order valence-corrected chi connectivity index (χ1v) is 13.8. The third kappa shape index (κ3) is 4.96. The van der Waals surface area contributed by atoms with E-state index in [1.54, 1.807) is 11.0 Å². The lowest BCUT2D eigenvalue weighted by Crippen LogP contribution is -2.52. The predicted molar refractivity (Wildman–Crippen MR) is 146 cm³/mol. The fourth-order valence-electron chi connectivity index (χ4n) is 6.47. The molecule has 3 saturated heterocycles. The van der Waals surface area contributed by atoms with Gasteiger partial charge in [-0.1, -0.05) is 12.1 Å². The third-order valence-electron chi connectivity index (χ3n) is 8.56. The number of hydrogen-bond acceptors (Lipinski definition) is 7. The highest BCUT2D eigenvalue weighted by Gasteiger charge is 2.39. The van der Waals surface area contributed by atoms with Gasteiger partial charge in [-0.2, -0.15) is 0 Å². The van der Waals surface area contributed by atoms with E-state index < -0.39 is 11.9 Å². The molecule has 10 heteroatoms. The highest BCUT2D eigenvalue weighted by atomic mass is 16.2. The number of carbonyl (C=O) groups excluding carboxylic acids is 4. The molecule has 1 unspecified atom stereocenters. The van der Waals surface area contributed by atoms with E-state index >= 15 is 0 Å². The molecule has 4 heterocycles. The van der Waals surface area contributed by atoms with Gasteiger partial charge in [-0.15, -0.1) is 0 Å². The molecule has 0 spiro atoms. The number of amides is 4. The zero-order chi connectivity index (χ0) is 27.1. The highest BCUT2D eigenvalue weighted by molar-refractivity contribution is 6.05. The average molecular weight is 531 g/mol. The summed E-state index contributed by atoms with van der Waals surface area (Å²) in [5.41, 5.74) is 9.78. The van der Waals surface area contributed by atoms with Crippen molar-refractivity contribution in [2.24, 2.45) is 11.7 Å². The summed E-state index contributed by atoms with van der Waals surface area (Å²) in [6.07, 6.45) is 1.74. The number of imide groups is 1. The quantitative estimate of drug-likeness (QED) is 0.539. The van der Waals surface area contributed by atoms with Gasteiger partial charge in [-0.05, 0) is 54.7 Å². The smallest absolute Gasteiger partial charge is 0.255 e. The van der Waals surface area contributed by atoms with Crippen LogP contribution in [0.15, 0.2) is 42.5 Å². The number of rotatable bonds is 6. The van der Waals surface area contributed by atoms with Crippen LogP contribution in [0.25, 0.3) is 0 Å². The van der Waals surface area contributed by atoms with Gasteiger partial charge in [0.05, 0.1) is 5.56 Å². The molecule has 2 aromatic carbocycles. The fourth-order valence-corrected chi connectivity index (χ4v) is 6.47. The molecular weight excluding hydrogens is 496 g/mol. The zero-order valence-corrected chi connectivity index (χ0v) is 22.0. The Morgan fingerprint density at radius 1 is 0.949 bits per heavy atom. The van der Waals surface area contributed by atoms with E-state index in [1.807, 2.05) is 30.3 Å². The Labute approximate surface area is 227 Å². The normalized spacial score (nSPS) is 23.8. The zero-order valence-electron chi connectivity index (χ0n) is 22.0. The summed E-state index contributed by atoms with van der Waals surface area (Å²) in [5, 5.41) is 2.36. The summed E-state index contributed by atoms with van der Waals surface area (Å²) in [4.78, 5) is 57.5. The Hall–Kier alpha value is -3.92. The van der Waals surface area contributed by atoms with Crippen LogP contribution >= 0.6 is 0 Å². The monoisotopic (exact) mass is 530 g/mol. The standard InChI is InChI=1S/C29H34N6O4/c30-27(37)23-3-1-2-4-24(23)33-13-11-32(12-14-33)16-19-9-10-34(17-19)21-5-6-22-20(15-21)18-35(29(22)39)25-7-8-26(36)31-28(25)38/h1-6,15,19,25H,7-14,16-18H2,(H2,30,37)(H,31,36,38)/t19-,25?/m0/s1. The third-order valence-corrected chi connectivity index (χ3v) is 8.56. The molecule has 10 nitrogen and oxygen atoms in total. The van der Waals surface area contributed by atoms with E-state index in [2.05, 4.69) is 26.1 Å². The van der Waals surface area contributed by atoms with Gasteiger partial charge in [0.2, 0.25) is 11.8 Å². The van der Waals surface area contributed by atoms with Gasteiger partial charge in [-0.25, -0.2) is 0 Å². The fraction of sp³-hybridized carbons (Fsp3) is 0.448. The van der Waals surface area contributed by atoms with Gasteiger partial charge in [0.1, 0.15) is 6.04 Å². The van der Waals surface area contributed by atoms with Crippen molar-refractivity contribution in [3.8, 4) is 0 Å². The van der Waals surface area contributed by atoms with Crippen LogP contribution < -0.4 is 20.9 Å². The minimum Gasteiger partial charge on any atom is -0.371 e. The van der Waals surface area contributed by atoms with Gasteiger partial charge in [0.15, 0.2) is 0 Å². The Bertz CT molecular complexity index is 1320. The van der Waals surface area contributed by atoms with Crippen LogP contribution in [-0.4, -0.2) is 85.3 Å². The van der Waals surface area contributed by atoms with Crippen molar-refractivity contribution in [1.82, 2.24) is 15.1 Å². The molecule has 2 atom stereocenters. The SMILES string of the molecule is NC(=O)c1ccccc1N1CCN(C[C@@H]2CCN(c3ccc4c(c3)CN(C3CCC(=O)NC3=O)C4=O)C2)CC1. The maximum Gasteiger partial charge on any atom is 0.255 e. The molecule has 2 aromatic rings. The molecule has 4 amide bonds. The molecule has 0 aliphatic carbocycles. The van der Waals surface area contributed by atoms with Crippen LogP contribution in [0.3, 0.4) is 0 Å². The summed E-state index contributed by atoms with van der Waals surface area (Å²) in [6.45, 7) is 6.99. The molecule has 4 aliphatic heterocycles. The second-order valence-corrected chi connectivity index (χ2v) is 11.0. The van der Waals surface area contributed by atoms with E-state index in [-0.39, 0.29) is 24.1 Å². The Kier molecular flexibility index (Phi) is 6.72. The molecule has 39 heavy (non-hydrogen) atoms. The van der Waals surface area contributed by atoms with Gasteiger partial charge in [0.25, 0.3) is 11.8 Å². The molecule has 0 radical (unpaired) electrons. The Morgan fingerprint density at radius 3 is 2.51 bits per heavy atom. The van der Waals surface area contributed by atoms with Gasteiger partial charge >= 0.3 is 0 Å². The van der Waals surface area contributed by atoms with E-state index in [1.165, 1.54) is 0 Å². The number of piperidine rings is 1. The first kappa shape index (κ1) is 25.4. The van der Waals surface area contributed by atoms with E-state index in [0.717, 1.165) is 69.2 Å². The summed E-state index contributed by atoms with van der Waals surface area (Å²) in [7, 11) is 0. The van der Waals surface area contributed by atoms with Crippen molar-refractivity contribution in [3.05, 3.63) is 59.2 Å². The lowest BCUT2D eigenvalue weighted by atomic mass is 10.0. The molecule has 6 rings (SSSR count). The van der Waals surface area contributed by atoms with Crippen molar-refractivity contribution in [2.75, 3.05) is 55.6 Å². The first-order chi connectivity index (χ1) is 18.9. The van der Waals surface area contributed by atoms with Gasteiger partial charge < -0.3 is 20.4 Å². The van der Waals surface area contributed by atoms with Crippen molar-refractivity contribution >= 4 is 35.0 Å². The van der Waals surface area contributed by atoms with Crippen molar-refractivity contribution < 1.29 is 19.2 Å². The number of hydrogen-bond donors (Lipinski definition) is 2. The Balaban J connectivity index is 1.04. The first-order valence-electron chi connectivity index (χ1n) is 13.8. The molecule has 204 valence electrons. The average Bonchev–Trinajstić information content (AvgIpc) is 3.53. The van der Waals surface area contributed by atoms with Crippen LogP contribution in [0.1, 0.15) is 45.5 Å². The number of nitrogens with one attached hydrogen (secondary N) is 1. The summed E-state index contributed by atoms with van der Waals surface area (Å²) < 4.78 is 0. The van der Waals surface area contributed by atoms with Crippen LogP contribution in [0, 0.1) is 5.92 Å². The van der Waals surface area contributed by atoms with Gasteiger partial charge in [0, 0.05) is 75.7 Å². The molecule has 3 N–H and O–H groups in total. The van der Waals surface area contributed by atoms with Crippen LogP contribution in [0.5, 0.6) is 0 Å². The van der Waals surface area contributed by atoms with Crippen LogP contribution in [0.2, 0.25) is 0 Å². The number of para-hydroxylation sites is 1.